The minimum absolute atomic E-state index is 0.124. The standard InChI is InChI=1S/C24H17ClFN3O3/c1-32-17-10-7-14(8-11-17)21-20-22(29(27-21)16-5-3-2-4-6-16)24(31)28(23(20)30)19-12-9-15(25)13-18(19)26/h2-13,20,22H,1H3. The highest BCUT2D eigenvalue weighted by Crippen LogP contribution is 2.40. The van der Waals surface area contributed by atoms with Gasteiger partial charge in [0.05, 0.1) is 24.2 Å². The summed E-state index contributed by atoms with van der Waals surface area (Å²) in [6.07, 6.45) is 0. The van der Waals surface area contributed by atoms with Gasteiger partial charge in [0, 0.05) is 5.02 Å². The van der Waals surface area contributed by atoms with Gasteiger partial charge in [0.25, 0.3) is 5.91 Å². The van der Waals surface area contributed by atoms with E-state index in [2.05, 4.69) is 5.10 Å². The number of halogens is 2. The summed E-state index contributed by atoms with van der Waals surface area (Å²) in [5.41, 5.74) is 1.65. The minimum atomic E-state index is -0.919. The first-order chi connectivity index (χ1) is 15.5. The Morgan fingerprint density at radius 1 is 0.969 bits per heavy atom. The summed E-state index contributed by atoms with van der Waals surface area (Å²) in [5.74, 6) is -2.05. The second-order valence-corrected chi connectivity index (χ2v) is 7.86. The number of hydrogen-bond donors (Lipinski definition) is 0. The fraction of sp³-hybridized carbons (Fsp3) is 0.125. The van der Waals surface area contributed by atoms with Crippen LogP contribution in [0, 0.1) is 11.7 Å². The SMILES string of the molecule is COc1ccc(C2=NN(c3ccccc3)C3C(=O)N(c4ccc(Cl)cc4F)C(=O)C23)cc1. The first kappa shape index (κ1) is 20.2. The number of hydrazone groups is 1. The summed E-state index contributed by atoms with van der Waals surface area (Å²) in [4.78, 5) is 27.9. The summed E-state index contributed by atoms with van der Waals surface area (Å²) in [6, 6.07) is 19.1. The zero-order valence-electron chi connectivity index (χ0n) is 16.9. The average molecular weight is 450 g/mol. The van der Waals surface area contributed by atoms with Gasteiger partial charge in [-0.15, -0.1) is 0 Å². The van der Waals surface area contributed by atoms with Gasteiger partial charge in [-0.05, 0) is 60.2 Å². The van der Waals surface area contributed by atoms with Crippen LogP contribution < -0.4 is 14.6 Å². The van der Waals surface area contributed by atoms with Crippen molar-refractivity contribution in [2.75, 3.05) is 17.0 Å². The van der Waals surface area contributed by atoms with Crippen molar-refractivity contribution in [2.45, 2.75) is 6.04 Å². The Balaban J connectivity index is 1.63. The van der Waals surface area contributed by atoms with Gasteiger partial charge in [-0.25, -0.2) is 9.29 Å². The van der Waals surface area contributed by atoms with Crippen LogP contribution in [0.15, 0.2) is 77.9 Å². The first-order valence-electron chi connectivity index (χ1n) is 9.89. The normalized spacial score (nSPS) is 19.9. The molecule has 2 unspecified atom stereocenters. The largest absolute Gasteiger partial charge is 0.497 e. The number of carbonyl (C=O) groups is 2. The monoisotopic (exact) mass is 449 g/mol. The Morgan fingerprint density at radius 3 is 2.34 bits per heavy atom. The quantitative estimate of drug-likeness (QED) is 0.558. The number of methoxy groups -OCH3 is 1. The van der Waals surface area contributed by atoms with E-state index in [9.17, 15) is 14.0 Å². The molecule has 0 spiro atoms. The third kappa shape index (κ3) is 3.13. The molecule has 0 aliphatic carbocycles. The lowest BCUT2D eigenvalue weighted by Gasteiger charge is -2.22. The average Bonchev–Trinajstić information content (AvgIpc) is 3.32. The summed E-state index contributed by atoms with van der Waals surface area (Å²) >= 11 is 5.86. The van der Waals surface area contributed by atoms with Crippen LogP contribution in [0.2, 0.25) is 5.02 Å². The van der Waals surface area contributed by atoms with Gasteiger partial charge in [0.1, 0.15) is 23.5 Å². The predicted molar refractivity (Wildman–Crippen MR) is 120 cm³/mol. The molecule has 0 N–H and O–H groups in total. The molecule has 160 valence electrons. The third-order valence-corrected chi connectivity index (χ3v) is 5.84. The lowest BCUT2D eigenvalue weighted by molar-refractivity contribution is -0.121. The summed E-state index contributed by atoms with van der Waals surface area (Å²) in [7, 11) is 1.56. The van der Waals surface area contributed by atoms with Crippen LogP contribution in [-0.4, -0.2) is 30.7 Å². The van der Waals surface area contributed by atoms with Crippen LogP contribution in [0.5, 0.6) is 5.75 Å². The molecule has 6 nitrogen and oxygen atoms in total. The van der Waals surface area contributed by atoms with Crippen molar-refractivity contribution >= 4 is 40.5 Å². The highest BCUT2D eigenvalue weighted by Gasteiger charge is 2.57. The van der Waals surface area contributed by atoms with Crippen molar-refractivity contribution in [3.05, 3.63) is 89.2 Å². The molecule has 8 heteroatoms. The van der Waals surface area contributed by atoms with Crippen molar-refractivity contribution in [3.63, 3.8) is 0 Å². The molecule has 3 aromatic rings. The van der Waals surface area contributed by atoms with E-state index in [0.29, 0.717) is 22.7 Å². The number of benzene rings is 3. The van der Waals surface area contributed by atoms with Gasteiger partial charge in [0.2, 0.25) is 5.91 Å². The second-order valence-electron chi connectivity index (χ2n) is 7.42. The van der Waals surface area contributed by atoms with E-state index in [-0.39, 0.29) is 10.7 Å². The molecular formula is C24H17ClFN3O3. The molecule has 32 heavy (non-hydrogen) atoms. The maximum atomic E-state index is 14.7. The number of ether oxygens (including phenoxy) is 1. The summed E-state index contributed by atoms with van der Waals surface area (Å²) in [6.45, 7) is 0. The molecule has 3 aromatic carbocycles. The number of rotatable bonds is 4. The molecule has 0 aromatic heterocycles. The van der Waals surface area contributed by atoms with E-state index in [1.165, 1.54) is 17.1 Å². The van der Waals surface area contributed by atoms with Crippen LogP contribution in [0.25, 0.3) is 0 Å². The Morgan fingerprint density at radius 2 is 1.69 bits per heavy atom. The van der Waals surface area contributed by atoms with E-state index in [1.54, 1.807) is 43.5 Å². The maximum absolute atomic E-state index is 14.7. The fourth-order valence-electron chi connectivity index (χ4n) is 4.11. The van der Waals surface area contributed by atoms with Crippen molar-refractivity contribution in [1.82, 2.24) is 0 Å². The van der Waals surface area contributed by atoms with E-state index < -0.39 is 29.6 Å². The molecule has 2 atom stereocenters. The molecule has 0 radical (unpaired) electrons. The Hall–Kier alpha value is -3.71. The van der Waals surface area contributed by atoms with Crippen molar-refractivity contribution in [2.24, 2.45) is 11.0 Å². The molecule has 2 amide bonds. The number of imide groups is 1. The molecule has 2 aliphatic heterocycles. The molecule has 5 rings (SSSR count). The molecule has 2 heterocycles. The highest BCUT2D eigenvalue weighted by atomic mass is 35.5. The zero-order valence-corrected chi connectivity index (χ0v) is 17.7. The van der Waals surface area contributed by atoms with Gasteiger partial charge in [-0.2, -0.15) is 5.10 Å². The molecule has 2 aliphatic rings. The lowest BCUT2D eigenvalue weighted by atomic mass is 9.92. The highest BCUT2D eigenvalue weighted by molar-refractivity contribution is 6.34. The fourth-order valence-corrected chi connectivity index (χ4v) is 4.27. The molecule has 1 fully saturated rings. The van der Waals surface area contributed by atoms with E-state index in [1.807, 2.05) is 18.2 Å². The number of para-hydroxylation sites is 1. The number of anilines is 2. The summed E-state index contributed by atoms with van der Waals surface area (Å²) < 4.78 is 19.9. The van der Waals surface area contributed by atoms with Crippen LogP contribution in [0.3, 0.4) is 0 Å². The van der Waals surface area contributed by atoms with E-state index in [0.717, 1.165) is 11.0 Å². The van der Waals surface area contributed by atoms with Gasteiger partial charge < -0.3 is 4.74 Å². The topological polar surface area (TPSA) is 62.2 Å². The van der Waals surface area contributed by atoms with Gasteiger partial charge in [-0.3, -0.25) is 14.6 Å². The van der Waals surface area contributed by atoms with Crippen LogP contribution >= 0.6 is 11.6 Å². The Bertz CT molecular complexity index is 1250. The second kappa shape index (κ2) is 7.76. The summed E-state index contributed by atoms with van der Waals surface area (Å²) in [5, 5.41) is 6.38. The molecule has 0 bridgehead atoms. The van der Waals surface area contributed by atoms with Gasteiger partial charge in [0.15, 0.2) is 0 Å². The lowest BCUT2D eigenvalue weighted by Crippen LogP contribution is -2.39. The van der Waals surface area contributed by atoms with Gasteiger partial charge in [-0.1, -0.05) is 29.8 Å². The van der Waals surface area contributed by atoms with E-state index >= 15 is 0 Å². The van der Waals surface area contributed by atoms with Crippen molar-refractivity contribution < 1.29 is 18.7 Å². The Labute approximate surface area is 188 Å². The van der Waals surface area contributed by atoms with Gasteiger partial charge >= 0.3 is 0 Å². The number of amides is 2. The number of carbonyl (C=O) groups excluding carboxylic acids is 2. The molecule has 0 saturated carbocycles. The number of hydrogen-bond acceptors (Lipinski definition) is 5. The minimum Gasteiger partial charge on any atom is -0.497 e. The van der Waals surface area contributed by atoms with Crippen LogP contribution in [0.4, 0.5) is 15.8 Å². The number of nitrogens with zero attached hydrogens (tertiary/aromatic N) is 3. The predicted octanol–water partition coefficient (Wildman–Crippen LogP) is 4.27. The molecular weight excluding hydrogens is 433 g/mol. The van der Waals surface area contributed by atoms with Crippen LogP contribution in [0.1, 0.15) is 5.56 Å². The van der Waals surface area contributed by atoms with Crippen molar-refractivity contribution in [1.29, 1.82) is 0 Å². The van der Waals surface area contributed by atoms with Crippen molar-refractivity contribution in [3.8, 4) is 5.75 Å². The number of fused-ring (bicyclic) bond motifs is 1. The molecule has 1 saturated heterocycles. The van der Waals surface area contributed by atoms with Crippen LogP contribution in [-0.2, 0) is 9.59 Å². The zero-order chi connectivity index (χ0) is 22.4. The smallest absolute Gasteiger partial charge is 0.260 e. The third-order valence-electron chi connectivity index (χ3n) is 5.61. The Kier molecular flexibility index (Phi) is 4.90. The van der Waals surface area contributed by atoms with E-state index in [4.69, 9.17) is 16.3 Å². The first-order valence-corrected chi connectivity index (χ1v) is 10.3. The maximum Gasteiger partial charge on any atom is 0.260 e.